The second kappa shape index (κ2) is 11.8. The highest BCUT2D eigenvalue weighted by Crippen LogP contribution is 2.21. The number of halogens is 1. The maximum Gasteiger partial charge on any atom is 0.241 e. The van der Waals surface area contributed by atoms with Crippen molar-refractivity contribution in [2.45, 2.75) is 31.8 Å². The van der Waals surface area contributed by atoms with Gasteiger partial charge in [0.1, 0.15) is 5.75 Å². The SMILES string of the molecule is COc1cccc(CN=C(NCC(=O)N(C)C)NC2CCc3ccccc3C2)c1.I. The lowest BCUT2D eigenvalue weighted by atomic mass is 9.88. The van der Waals surface area contributed by atoms with Crippen LogP contribution in [-0.2, 0) is 24.2 Å². The predicted molar refractivity (Wildman–Crippen MR) is 132 cm³/mol. The van der Waals surface area contributed by atoms with Gasteiger partial charge in [-0.2, -0.15) is 0 Å². The van der Waals surface area contributed by atoms with Gasteiger partial charge in [0.2, 0.25) is 5.91 Å². The fourth-order valence-electron chi connectivity index (χ4n) is 3.43. The molecule has 1 amide bonds. The van der Waals surface area contributed by atoms with E-state index in [1.54, 1.807) is 26.1 Å². The molecule has 162 valence electrons. The van der Waals surface area contributed by atoms with E-state index in [9.17, 15) is 4.79 Å². The zero-order chi connectivity index (χ0) is 20.6. The number of carbonyl (C=O) groups is 1. The minimum absolute atomic E-state index is 0. The molecule has 0 aliphatic heterocycles. The van der Waals surface area contributed by atoms with Gasteiger partial charge in [0.05, 0.1) is 20.2 Å². The molecule has 2 aromatic carbocycles. The van der Waals surface area contributed by atoms with Gasteiger partial charge >= 0.3 is 0 Å². The highest BCUT2D eigenvalue weighted by molar-refractivity contribution is 14.0. The van der Waals surface area contributed by atoms with E-state index in [2.05, 4.69) is 34.9 Å². The lowest BCUT2D eigenvalue weighted by Gasteiger charge is -2.27. The summed E-state index contributed by atoms with van der Waals surface area (Å²) in [6, 6.07) is 16.7. The topological polar surface area (TPSA) is 66.0 Å². The molecule has 1 atom stereocenters. The number of hydrogen-bond acceptors (Lipinski definition) is 3. The van der Waals surface area contributed by atoms with Gasteiger partial charge in [0.25, 0.3) is 0 Å². The van der Waals surface area contributed by atoms with E-state index in [-0.39, 0.29) is 42.5 Å². The molecule has 0 fully saturated rings. The average Bonchev–Trinajstić information content (AvgIpc) is 2.75. The first-order valence-corrected chi connectivity index (χ1v) is 10.00. The van der Waals surface area contributed by atoms with Crippen molar-refractivity contribution < 1.29 is 9.53 Å². The maximum absolute atomic E-state index is 12.0. The van der Waals surface area contributed by atoms with Crippen LogP contribution in [0.4, 0.5) is 0 Å². The second-order valence-corrected chi connectivity index (χ2v) is 7.51. The summed E-state index contributed by atoms with van der Waals surface area (Å²) in [5.41, 5.74) is 3.86. The summed E-state index contributed by atoms with van der Waals surface area (Å²) in [5.74, 6) is 1.48. The normalized spacial score (nSPS) is 15.4. The third-order valence-electron chi connectivity index (χ3n) is 5.15. The molecule has 0 radical (unpaired) electrons. The number of nitrogens with one attached hydrogen (secondary N) is 2. The lowest BCUT2D eigenvalue weighted by molar-refractivity contribution is -0.127. The lowest BCUT2D eigenvalue weighted by Crippen LogP contribution is -2.48. The molecule has 6 nitrogen and oxygen atoms in total. The minimum Gasteiger partial charge on any atom is -0.497 e. The first-order chi connectivity index (χ1) is 14.0. The Kier molecular flexibility index (Phi) is 9.42. The molecule has 0 aromatic heterocycles. The van der Waals surface area contributed by atoms with Crippen molar-refractivity contribution >= 4 is 35.8 Å². The van der Waals surface area contributed by atoms with E-state index in [0.717, 1.165) is 30.6 Å². The number of hydrogen-bond donors (Lipinski definition) is 2. The molecule has 2 N–H and O–H groups in total. The van der Waals surface area contributed by atoms with Gasteiger partial charge in [-0.1, -0.05) is 36.4 Å². The summed E-state index contributed by atoms with van der Waals surface area (Å²) in [5, 5.41) is 6.71. The number of fused-ring (bicyclic) bond motifs is 1. The van der Waals surface area contributed by atoms with Gasteiger partial charge in [-0.15, -0.1) is 24.0 Å². The van der Waals surface area contributed by atoms with E-state index in [1.807, 2.05) is 24.3 Å². The number of carbonyl (C=O) groups excluding carboxylic acids is 1. The van der Waals surface area contributed by atoms with Gasteiger partial charge in [0, 0.05) is 20.1 Å². The Bertz CT molecular complexity index is 870. The Hall–Kier alpha value is -2.29. The summed E-state index contributed by atoms with van der Waals surface area (Å²) >= 11 is 0. The van der Waals surface area contributed by atoms with Crippen LogP contribution in [0.3, 0.4) is 0 Å². The Labute approximate surface area is 196 Å². The Morgan fingerprint density at radius 1 is 1.17 bits per heavy atom. The molecule has 1 aliphatic carbocycles. The summed E-state index contributed by atoms with van der Waals surface area (Å²) in [6.45, 7) is 0.715. The summed E-state index contributed by atoms with van der Waals surface area (Å²) < 4.78 is 5.29. The first-order valence-electron chi connectivity index (χ1n) is 10.00. The zero-order valence-corrected chi connectivity index (χ0v) is 20.2. The van der Waals surface area contributed by atoms with Gasteiger partial charge in [0.15, 0.2) is 5.96 Å². The Balaban J connectivity index is 0.00000320. The third kappa shape index (κ3) is 6.90. The Morgan fingerprint density at radius 3 is 2.67 bits per heavy atom. The minimum atomic E-state index is 0. The van der Waals surface area contributed by atoms with E-state index >= 15 is 0 Å². The number of likely N-dealkylation sites (N-methyl/N-ethyl adjacent to an activating group) is 1. The van der Waals surface area contributed by atoms with Crippen LogP contribution in [0.1, 0.15) is 23.1 Å². The van der Waals surface area contributed by atoms with Crippen molar-refractivity contribution in [3.8, 4) is 5.75 Å². The molecule has 1 unspecified atom stereocenters. The molecular formula is C23H31IN4O2. The number of ether oxygens (including phenoxy) is 1. The fraction of sp³-hybridized carbons (Fsp3) is 0.391. The quantitative estimate of drug-likeness (QED) is 0.348. The standard InChI is InChI=1S/C23H30N4O2.HI/c1-27(2)22(28)16-25-23(24-15-17-7-6-10-21(13-17)29-3)26-20-12-11-18-8-4-5-9-19(18)14-20;/h4-10,13,20H,11-12,14-16H2,1-3H3,(H2,24,25,26);1H. The molecule has 3 rings (SSSR count). The van der Waals surface area contributed by atoms with Crippen LogP contribution < -0.4 is 15.4 Å². The van der Waals surface area contributed by atoms with Crippen LogP contribution in [0.25, 0.3) is 0 Å². The van der Waals surface area contributed by atoms with Crippen molar-refractivity contribution in [3.05, 3.63) is 65.2 Å². The molecule has 0 heterocycles. The van der Waals surface area contributed by atoms with Crippen molar-refractivity contribution in [2.75, 3.05) is 27.7 Å². The van der Waals surface area contributed by atoms with Crippen LogP contribution in [-0.4, -0.2) is 50.6 Å². The molecule has 0 spiro atoms. The molecule has 0 saturated carbocycles. The largest absolute Gasteiger partial charge is 0.497 e. The smallest absolute Gasteiger partial charge is 0.241 e. The van der Waals surface area contributed by atoms with Crippen LogP contribution in [0.2, 0.25) is 0 Å². The average molecular weight is 522 g/mol. The zero-order valence-electron chi connectivity index (χ0n) is 17.9. The monoisotopic (exact) mass is 522 g/mol. The molecule has 2 aromatic rings. The van der Waals surface area contributed by atoms with Crippen molar-refractivity contribution in [1.82, 2.24) is 15.5 Å². The van der Waals surface area contributed by atoms with Crippen LogP contribution in [0, 0.1) is 0 Å². The molecule has 7 heteroatoms. The summed E-state index contributed by atoms with van der Waals surface area (Å²) in [6.07, 6.45) is 3.05. The number of aliphatic imine (C=N–C) groups is 1. The number of rotatable bonds is 6. The van der Waals surface area contributed by atoms with Gasteiger partial charge < -0.3 is 20.3 Å². The van der Waals surface area contributed by atoms with Crippen molar-refractivity contribution in [1.29, 1.82) is 0 Å². The van der Waals surface area contributed by atoms with Crippen LogP contribution in [0.5, 0.6) is 5.75 Å². The van der Waals surface area contributed by atoms with E-state index in [4.69, 9.17) is 9.73 Å². The summed E-state index contributed by atoms with van der Waals surface area (Å²) in [7, 11) is 5.16. The van der Waals surface area contributed by atoms with Gasteiger partial charge in [-0.3, -0.25) is 4.79 Å². The second-order valence-electron chi connectivity index (χ2n) is 7.51. The van der Waals surface area contributed by atoms with Gasteiger partial charge in [-0.05, 0) is 48.1 Å². The number of amides is 1. The van der Waals surface area contributed by atoms with E-state index in [1.165, 1.54) is 11.1 Å². The summed E-state index contributed by atoms with van der Waals surface area (Å²) in [4.78, 5) is 18.3. The third-order valence-corrected chi connectivity index (χ3v) is 5.15. The number of guanidine groups is 1. The molecule has 0 bridgehead atoms. The van der Waals surface area contributed by atoms with Crippen molar-refractivity contribution in [3.63, 3.8) is 0 Å². The molecule has 1 aliphatic rings. The highest BCUT2D eigenvalue weighted by Gasteiger charge is 2.19. The van der Waals surface area contributed by atoms with E-state index in [0.29, 0.717) is 12.5 Å². The first kappa shape index (κ1) is 24.0. The number of nitrogens with zero attached hydrogens (tertiary/aromatic N) is 2. The maximum atomic E-state index is 12.0. The Morgan fingerprint density at radius 2 is 1.93 bits per heavy atom. The van der Waals surface area contributed by atoms with E-state index < -0.39 is 0 Å². The molecule has 0 saturated heterocycles. The van der Waals surface area contributed by atoms with Crippen LogP contribution in [0.15, 0.2) is 53.5 Å². The van der Waals surface area contributed by atoms with Crippen LogP contribution >= 0.6 is 24.0 Å². The number of benzene rings is 2. The van der Waals surface area contributed by atoms with Crippen molar-refractivity contribution in [2.24, 2.45) is 4.99 Å². The molecule has 30 heavy (non-hydrogen) atoms. The highest BCUT2D eigenvalue weighted by atomic mass is 127. The molecular weight excluding hydrogens is 491 g/mol. The number of methoxy groups -OCH3 is 1. The fourth-order valence-corrected chi connectivity index (χ4v) is 3.43. The predicted octanol–water partition coefficient (Wildman–Crippen LogP) is 2.99. The van der Waals surface area contributed by atoms with Gasteiger partial charge in [-0.25, -0.2) is 4.99 Å². The number of aryl methyl sites for hydroxylation is 1.